The highest BCUT2D eigenvalue weighted by atomic mass is 16.2. The van der Waals surface area contributed by atoms with Gasteiger partial charge in [-0.05, 0) is 12.8 Å². The highest BCUT2D eigenvalue weighted by Crippen LogP contribution is 2.24. The summed E-state index contributed by atoms with van der Waals surface area (Å²) in [5.41, 5.74) is 0. The molecule has 3 amide bonds. The first-order chi connectivity index (χ1) is 9.06. The standard InChI is InChI=1S/C13H17N3O3/c1-3-4-11(17)15-7-10(8-15)16-6-9(5-12(16)18)13(19)14-2/h9-10H,5-8H2,1-2H3,(H,14,19). The van der Waals surface area contributed by atoms with E-state index in [9.17, 15) is 14.4 Å². The fraction of sp³-hybridized carbons (Fsp3) is 0.615. The summed E-state index contributed by atoms with van der Waals surface area (Å²) in [4.78, 5) is 38.2. The van der Waals surface area contributed by atoms with Crippen LogP contribution >= 0.6 is 0 Å². The molecule has 2 fully saturated rings. The lowest BCUT2D eigenvalue weighted by atomic mass is 10.1. The van der Waals surface area contributed by atoms with E-state index in [1.54, 1.807) is 23.8 Å². The SMILES string of the molecule is CC#CC(=O)N1CC(N2CC(C(=O)NC)CC2=O)C1. The van der Waals surface area contributed by atoms with Gasteiger partial charge in [-0.3, -0.25) is 14.4 Å². The van der Waals surface area contributed by atoms with Crippen molar-refractivity contribution in [3.63, 3.8) is 0 Å². The van der Waals surface area contributed by atoms with Gasteiger partial charge in [0.05, 0.1) is 12.0 Å². The second kappa shape index (κ2) is 5.31. The van der Waals surface area contributed by atoms with E-state index < -0.39 is 0 Å². The average Bonchev–Trinajstić information content (AvgIpc) is 2.69. The van der Waals surface area contributed by atoms with Crippen molar-refractivity contribution in [2.45, 2.75) is 19.4 Å². The van der Waals surface area contributed by atoms with Crippen LogP contribution in [-0.4, -0.2) is 60.2 Å². The number of nitrogens with zero attached hydrogens (tertiary/aromatic N) is 2. The van der Waals surface area contributed by atoms with Crippen LogP contribution in [0.4, 0.5) is 0 Å². The maximum atomic E-state index is 11.9. The van der Waals surface area contributed by atoms with Crippen molar-refractivity contribution >= 4 is 17.7 Å². The Kier molecular flexibility index (Phi) is 3.74. The molecule has 0 aromatic carbocycles. The van der Waals surface area contributed by atoms with Gasteiger partial charge in [0.25, 0.3) is 5.91 Å². The minimum absolute atomic E-state index is 0.00715. The van der Waals surface area contributed by atoms with Gasteiger partial charge in [-0.1, -0.05) is 5.92 Å². The zero-order valence-corrected chi connectivity index (χ0v) is 11.1. The molecule has 0 saturated carbocycles. The van der Waals surface area contributed by atoms with Crippen LogP contribution in [0.2, 0.25) is 0 Å². The maximum Gasteiger partial charge on any atom is 0.298 e. The largest absolute Gasteiger partial charge is 0.359 e. The van der Waals surface area contributed by atoms with Gasteiger partial charge in [-0.25, -0.2) is 0 Å². The third kappa shape index (κ3) is 2.55. The lowest BCUT2D eigenvalue weighted by molar-refractivity contribution is -0.140. The lowest BCUT2D eigenvalue weighted by Crippen LogP contribution is -2.61. The van der Waals surface area contributed by atoms with Crippen LogP contribution in [0.15, 0.2) is 0 Å². The molecule has 0 bridgehead atoms. The molecule has 2 aliphatic heterocycles. The Labute approximate surface area is 112 Å². The third-order valence-corrected chi connectivity index (χ3v) is 3.60. The number of likely N-dealkylation sites (tertiary alicyclic amines) is 2. The summed E-state index contributed by atoms with van der Waals surface area (Å²) in [5, 5.41) is 2.57. The van der Waals surface area contributed by atoms with E-state index in [-0.39, 0.29) is 36.1 Å². The molecule has 102 valence electrons. The topological polar surface area (TPSA) is 69.7 Å². The van der Waals surface area contributed by atoms with Gasteiger partial charge in [0.15, 0.2) is 0 Å². The zero-order chi connectivity index (χ0) is 14.0. The monoisotopic (exact) mass is 263 g/mol. The van der Waals surface area contributed by atoms with Gasteiger partial charge in [0.2, 0.25) is 11.8 Å². The minimum Gasteiger partial charge on any atom is -0.359 e. The highest BCUT2D eigenvalue weighted by molar-refractivity contribution is 5.94. The molecule has 0 aromatic heterocycles. The number of nitrogens with one attached hydrogen (secondary N) is 1. The first-order valence-corrected chi connectivity index (χ1v) is 6.29. The zero-order valence-electron chi connectivity index (χ0n) is 11.1. The van der Waals surface area contributed by atoms with Crippen LogP contribution in [-0.2, 0) is 14.4 Å². The predicted octanol–water partition coefficient (Wildman–Crippen LogP) is -1.18. The van der Waals surface area contributed by atoms with E-state index >= 15 is 0 Å². The molecule has 2 saturated heterocycles. The molecule has 0 aromatic rings. The second-order valence-corrected chi connectivity index (χ2v) is 4.80. The molecule has 2 rings (SSSR count). The molecule has 1 atom stereocenters. The van der Waals surface area contributed by atoms with Crippen LogP contribution < -0.4 is 5.32 Å². The second-order valence-electron chi connectivity index (χ2n) is 4.80. The van der Waals surface area contributed by atoms with Gasteiger partial charge < -0.3 is 15.1 Å². The molecule has 19 heavy (non-hydrogen) atoms. The molecular weight excluding hydrogens is 246 g/mol. The summed E-state index contributed by atoms with van der Waals surface area (Å²) in [5.74, 6) is 4.47. The molecule has 2 heterocycles. The maximum absolute atomic E-state index is 11.9. The van der Waals surface area contributed by atoms with Crippen molar-refractivity contribution in [2.75, 3.05) is 26.7 Å². The van der Waals surface area contributed by atoms with E-state index in [4.69, 9.17) is 0 Å². The molecular formula is C13H17N3O3. The van der Waals surface area contributed by atoms with Crippen molar-refractivity contribution in [3.05, 3.63) is 0 Å². The summed E-state index contributed by atoms with van der Waals surface area (Å²) in [6.45, 7) is 3.09. The Hall–Kier alpha value is -2.03. The molecule has 0 spiro atoms. The first kappa shape index (κ1) is 13.4. The van der Waals surface area contributed by atoms with E-state index in [0.717, 1.165) is 0 Å². The number of carbonyl (C=O) groups is 3. The summed E-state index contributed by atoms with van der Waals surface area (Å²) in [6, 6.07) is 0.0322. The smallest absolute Gasteiger partial charge is 0.298 e. The van der Waals surface area contributed by atoms with Crippen LogP contribution in [0.25, 0.3) is 0 Å². The third-order valence-electron chi connectivity index (χ3n) is 3.60. The predicted molar refractivity (Wildman–Crippen MR) is 67.7 cm³/mol. The summed E-state index contributed by atoms with van der Waals surface area (Å²) in [6.07, 6.45) is 0.263. The quantitative estimate of drug-likeness (QED) is 0.637. The van der Waals surface area contributed by atoms with Gasteiger partial charge in [-0.15, -0.1) is 0 Å². The van der Waals surface area contributed by atoms with Crippen LogP contribution in [0.3, 0.4) is 0 Å². The van der Waals surface area contributed by atoms with E-state index in [1.165, 1.54) is 0 Å². The van der Waals surface area contributed by atoms with E-state index in [1.807, 2.05) is 0 Å². The number of rotatable bonds is 2. The Bertz CT molecular complexity index is 471. The van der Waals surface area contributed by atoms with Crippen molar-refractivity contribution in [1.29, 1.82) is 0 Å². The summed E-state index contributed by atoms with van der Waals surface area (Å²) >= 11 is 0. The van der Waals surface area contributed by atoms with E-state index in [0.29, 0.717) is 19.6 Å². The summed E-state index contributed by atoms with van der Waals surface area (Å²) in [7, 11) is 1.57. The van der Waals surface area contributed by atoms with E-state index in [2.05, 4.69) is 17.2 Å². The molecule has 0 radical (unpaired) electrons. The Balaban J connectivity index is 1.88. The highest BCUT2D eigenvalue weighted by Gasteiger charge is 2.42. The molecule has 6 nitrogen and oxygen atoms in total. The first-order valence-electron chi connectivity index (χ1n) is 6.29. The number of amides is 3. The Morgan fingerprint density at radius 2 is 2.00 bits per heavy atom. The number of hydrogen-bond acceptors (Lipinski definition) is 3. The van der Waals surface area contributed by atoms with Crippen molar-refractivity contribution in [3.8, 4) is 11.8 Å². The Morgan fingerprint density at radius 1 is 1.32 bits per heavy atom. The molecule has 0 aliphatic carbocycles. The van der Waals surface area contributed by atoms with Crippen LogP contribution in [0, 0.1) is 17.8 Å². The fourth-order valence-electron chi connectivity index (χ4n) is 2.47. The average molecular weight is 263 g/mol. The van der Waals surface area contributed by atoms with Gasteiger partial charge in [-0.2, -0.15) is 0 Å². The van der Waals surface area contributed by atoms with Crippen molar-refractivity contribution in [1.82, 2.24) is 15.1 Å². The molecule has 1 unspecified atom stereocenters. The molecule has 6 heteroatoms. The molecule has 1 N–H and O–H groups in total. The number of hydrogen-bond donors (Lipinski definition) is 1. The lowest BCUT2D eigenvalue weighted by Gasteiger charge is -2.43. The fourth-order valence-corrected chi connectivity index (χ4v) is 2.47. The Morgan fingerprint density at radius 3 is 2.58 bits per heavy atom. The molecule has 2 aliphatic rings. The minimum atomic E-state index is -0.266. The van der Waals surface area contributed by atoms with Crippen LogP contribution in [0.5, 0.6) is 0 Å². The van der Waals surface area contributed by atoms with Crippen LogP contribution in [0.1, 0.15) is 13.3 Å². The summed E-state index contributed by atoms with van der Waals surface area (Å²) < 4.78 is 0. The van der Waals surface area contributed by atoms with Crippen molar-refractivity contribution < 1.29 is 14.4 Å². The normalized spacial score (nSPS) is 22.6. The van der Waals surface area contributed by atoms with Gasteiger partial charge in [0, 0.05) is 33.1 Å². The van der Waals surface area contributed by atoms with Gasteiger partial charge in [0.1, 0.15) is 0 Å². The number of carbonyl (C=O) groups excluding carboxylic acids is 3. The van der Waals surface area contributed by atoms with Gasteiger partial charge >= 0.3 is 0 Å². The van der Waals surface area contributed by atoms with Crippen molar-refractivity contribution in [2.24, 2.45) is 5.92 Å².